The van der Waals surface area contributed by atoms with E-state index < -0.39 is 0 Å². The molecule has 0 atom stereocenters. The Kier molecular flexibility index (Phi) is 3.48. The summed E-state index contributed by atoms with van der Waals surface area (Å²) in [6.07, 6.45) is 0. The highest BCUT2D eigenvalue weighted by molar-refractivity contribution is 9.11. The lowest BCUT2D eigenvalue weighted by Crippen LogP contribution is -2.00. The number of hydrogen-bond acceptors (Lipinski definition) is 1. The molecule has 0 bridgehead atoms. The van der Waals surface area contributed by atoms with Gasteiger partial charge in [-0.05, 0) is 30.7 Å². The van der Waals surface area contributed by atoms with Crippen molar-refractivity contribution in [3.8, 4) is 0 Å². The van der Waals surface area contributed by atoms with Gasteiger partial charge in [-0.15, -0.1) is 0 Å². The zero-order chi connectivity index (χ0) is 9.84. The first-order valence-electron chi connectivity index (χ1n) is 3.93. The number of nitrogens with one attached hydrogen (secondary N) is 1. The van der Waals surface area contributed by atoms with Crippen molar-refractivity contribution < 1.29 is 4.39 Å². The summed E-state index contributed by atoms with van der Waals surface area (Å²) < 4.78 is 13.7. The molecule has 0 saturated heterocycles. The molecule has 0 unspecified atom stereocenters. The van der Waals surface area contributed by atoms with Crippen LogP contribution in [0.5, 0.6) is 0 Å². The lowest BCUT2D eigenvalue weighted by atomic mass is 10.2. The summed E-state index contributed by atoms with van der Waals surface area (Å²) in [7, 11) is 0. The monoisotopic (exact) mass is 243 g/mol. The standard InChI is InChI=1S/C10H11BrFN/c1-7-5-9(3-4-10(7)12)13-6-8(2)11/h3-5,13H,2,6H2,1H3. The van der Waals surface area contributed by atoms with Gasteiger partial charge in [0.15, 0.2) is 0 Å². The molecule has 3 heteroatoms. The van der Waals surface area contributed by atoms with Gasteiger partial charge in [0.05, 0.1) is 0 Å². The van der Waals surface area contributed by atoms with E-state index in [9.17, 15) is 4.39 Å². The number of hydrogen-bond donors (Lipinski definition) is 1. The van der Waals surface area contributed by atoms with E-state index >= 15 is 0 Å². The predicted molar refractivity (Wildman–Crippen MR) is 57.7 cm³/mol. The second-order valence-electron chi connectivity index (χ2n) is 2.83. The first-order valence-corrected chi connectivity index (χ1v) is 4.72. The lowest BCUT2D eigenvalue weighted by Gasteiger charge is -2.06. The van der Waals surface area contributed by atoms with Gasteiger partial charge < -0.3 is 5.32 Å². The average molecular weight is 244 g/mol. The average Bonchev–Trinajstić information content (AvgIpc) is 2.07. The maximum absolute atomic E-state index is 12.8. The van der Waals surface area contributed by atoms with Crippen molar-refractivity contribution in [2.45, 2.75) is 6.92 Å². The van der Waals surface area contributed by atoms with Crippen LogP contribution in [-0.4, -0.2) is 6.54 Å². The summed E-state index contributed by atoms with van der Waals surface area (Å²) >= 11 is 3.23. The highest BCUT2D eigenvalue weighted by Crippen LogP contribution is 2.14. The fourth-order valence-corrected chi connectivity index (χ4v) is 1.09. The van der Waals surface area contributed by atoms with Gasteiger partial charge in [0, 0.05) is 16.7 Å². The zero-order valence-electron chi connectivity index (χ0n) is 7.40. The summed E-state index contributed by atoms with van der Waals surface area (Å²) in [6, 6.07) is 4.93. The van der Waals surface area contributed by atoms with Gasteiger partial charge >= 0.3 is 0 Å². The first-order chi connectivity index (χ1) is 6.09. The smallest absolute Gasteiger partial charge is 0.126 e. The van der Waals surface area contributed by atoms with Crippen molar-refractivity contribution in [1.82, 2.24) is 0 Å². The van der Waals surface area contributed by atoms with Crippen LogP contribution in [0.25, 0.3) is 0 Å². The molecule has 1 aromatic carbocycles. The molecule has 13 heavy (non-hydrogen) atoms. The molecule has 1 rings (SSSR count). The van der Waals surface area contributed by atoms with E-state index in [1.165, 1.54) is 6.07 Å². The maximum Gasteiger partial charge on any atom is 0.126 e. The third kappa shape index (κ3) is 3.19. The van der Waals surface area contributed by atoms with Crippen molar-refractivity contribution >= 4 is 21.6 Å². The van der Waals surface area contributed by atoms with Crippen LogP contribution < -0.4 is 5.32 Å². The summed E-state index contributed by atoms with van der Waals surface area (Å²) in [4.78, 5) is 0. The highest BCUT2D eigenvalue weighted by Gasteiger charge is 1.97. The van der Waals surface area contributed by atoms with E-state index in [1.54, 1.807) is 19.1 Å². The third-order valence-electron chi connectivity index (χ3n) is 1.64. The molecule has 0 radical (unpaired) electrons. The molecule has 0 aromatic heterocycles. The van der Waals surface area contributed by atoms with E-state index in [-0.39, 0.29) is 5.82 Å². The van der Waals surface area contributed by atoms with Gasteiger partial charge in [-0.3, -0.25) is 0 Å². The normalized spacial score (nSPS) is 9.77. The maximum atomic E-state index is 12.8. The van der Waals surface area contributed by atoms with Crippen LogP contribution in [-0.2, 0) is 0 Å². The second kappa shape index (κ2) is 4.42. The van der Waals surface area contributed by atoms with E-state index in [2.05, 4.69) is 27.8 Å². The molecule has 0 aliphatic carbocycles. The fourth-order valence-electron chi connectivity index (χ4n) is 0.953. The minimum absolute atomic E-state index is 0.178. The van der Waals surface area contributed by atoms with E-state index in [0.717, 1.165) is 10.2 Å². The summed E-state index contributed by atoms with van der Waals surface area (Å²) in [5.74, 6) is -0.178. The SMILES string of the molecule is C=C(Br)CNc1ccc(F)c(C)c1. The van der Waals surface area contributed by atoms with Crippen LogP contribution in [0.15, 0.2) is 29.3 Å². The quantitative estimate of drug-likeness (QED) is 0.858. The fraction of sp³-hybridized carbons (Fsp3) is 0.200. The topological polar surface area (TPSA) is 12.0 Å². The lowest BCUT2D eigenvalue weighted by molar-refractivity contribution is 0.619. The number of halogens is 2. The Morgan fingerprint density at radius 3 is 2.85 bits per heavy atom. The zero-order valence-corrected chi connectivity index (χ0v) is 8.99. The molecule has 1 N–H and O–H groups in total. The largest absolute Gasteiger partial charge is 0.380 e. The Morgan fingerprint density at radius 2 is 2.31 bits per heavy atom. The van der Waals surface area contributed by atoms with E-state index in [1.807, 2.05) is 0 Å². The third-order valence-corrected chi connectivity index (χ3v) is 1.92. The number of anilines is 1. The molecule has 70 valence electrons. The summed E-state index contributed by atoms with van der Waals surface area (Å²) in [6.45, 7) is 6.07. The highest BCUT2D eigenvalue weighted by atomic mass is 79.9. The second-order valence-corrected chi connectivity index (χ2v) is 3.96. The van der Waals surface area contributed by atoms with Gasteiger partial charge in [0.2, 0.25) is 0 Å². The number of rotatable bonds is 3. The first kappa shape index (κ1) is 10.3. The predicted octanol–water partition coefficient (Wildman–Crippen LogP) is 3.45. The minimum Gasteiger partial charge on any atom is -0.380 e. The molecule has 0 saturated carbocycles. The molecule has 0 aliphatic rings. The Labute approximate surface area is 85.8 Å². The van der Waals surface area contributed by atoms with Gasteiger partial charge in [-0.2, -0.15) is 0 Å². The molecular weight excluding hydrogens is 233 g/mol. The van der Waals surface area contributed by atoms with Crippen molar-refractivity contribution in [2.24, 2.45) is 0 Å². The van der Waals surface area contributed by atoms with Gasteiger partial charge in [-0.25, -0.2) is 4.39 Å². The Hall–Kier alpha value is -0.830. The van der Waals surface area contributed by atoms with Gasteiger partial charge in [0.25, 0.3) is 0 Å². The van der Waals surface area contributed by atoms with E-state index in [0.29, 0.717) is 12.1 Å². The van der Waals surface area contributed by atoms with Crippen LogP contribution in [0.2, 0.25) is 0 Å². The van der Waals surface area contributed by atoms with Crippen molar-refractivity contribution in [3.05, 3.63) is 40.6 Å². The summed E-state index contributed by atoms with van der Waals surface area (Å²) in [5.41, 5.74) is 1.55. The molecule has 1 aromatic rings. The number of aryl methyl sites for hydroxylation is 1. The minimum atomic E-state index is -0.178. The van der Waals surface area contributed by atoms with Crippen LogP contribution in [0.4, 0.5) is 10.1 Å². The van der Waals surface area contributed by atoms with Gasteiger partial charge in [0.1, 0.15) is 5.82 Å². The molecule has 0 aliphatic heterocycles. The molecule has 0 spiro atoms. The van der Waals surface area contributed by atoms with Crippen molar-refractivity contribution in [1.29, 1.82) is 0 Å². The molecule has 0 fully saturated rings. The van der Waals surface area contributed by atoms with Gasteiger partial charge in [-0.1, -0.05) is 22.5 Å². The van der Waals surface area contributed by atoms with E-state index in [4.69, 9.17) is 0 Å². The van der Waals surface area contributed by atoms with Crippen molar-refractivity contribution in [2.75, 3.05) is 11.9 Å². The molecular formula is C10H11BrFN. The van der Waals surface area contributed by atoms with Crippen molar-refractivity contribution in [3.63, 3.8) is 0 Å². The Bertz CT molecular complexity index is 323. The Morgan fingerprint density at radius 1 is 1.62 bits per heavy atom. The Balaban J connectivity index is 2.68. The van der Waals surface area contributed by atoms with Crippen LogP contribution in [0, 0.1) is 12.7 Å². The molecule has 1 nitrogen and oxygen atoms in total. The van der Waals surface area contributed by atoms with Crippen LogP contribution >= 0.6 is 15.9 Å². The van der Waals surface area contributed by atoms with Crippen LogP contribution in [0.1, 0.15) is 5.56 Å². The molecule has 0 amide bonds. The van der Waals surface area contributed by atoms with Crippen LogP contribution in [0.3, 0.4) is 0 Å². The number of benzene rings is 1. The molecule has 0 heterocycles. The summed E-state index contributed by atoms with van der Waals surface area (Å²) in [5, 5.41) is 3.10.